The fraction of sp³-hybridized carbons (Fsp3) is 0.286. The molecule has 17 heavy (non-hydrogen) atoms. The molecule has 0 aliphatic heterocycles. The summed E-state index contributed by atoms with van der Waals surface area (Å²) in [6.07, 6.45) is 0. The average molecular weight is 249 g/mol. The lowest BCUT2D eigenvalue weighted by Gasteiger charge is -2.15. The fourth-order valence-electron chi connectivity index (χ4n) is 1.88. The number of halogens is 1. The summed E-state index contributed by atoms with van der Waals surface area (Å²) in [6.45, 7) is 6.01. The first kappa shape index (κ1) is 12.1. The minimum Gasteiger partial charge on any atom is -0.378 e. The van der Waals surface area contributed by atoms with E-state index in [1.54, 1.807) is 24.3 Å². The largest absolute Gasteiger partial charge is 0.378 e. The zero-order chi connectivity index (χ0) is 12.4. The Hall–Kier alpha value is -1.35. The van der Waals surface area contributed by atoms with E-state index in [9.17, 15) is 4.39 Å². The van der Waals surface area contributed by atoms with Crippen molar-refractivity contribution in [2.24, 2.45) is 0 Å². The van der Waals surface area contributed by atoms with E-state index < -0.39 is 0 Å². The Morgan fingerprint density at radius 2 is 1.94 bits per heavy atom. The van der Waals surface area contributed by atoms with Crippen molar-refractivity contribution < 1.29 is 4.39 Å². The summed E-state index contributed by atoms with van der Waals surface area (Å²) in [4.78, 5) is 1.33. The van der Waals surface area contributed by atoms with Crippen LogP contribution in [0, 0.1) is 19.7 Å². The third kappa shape index (κ3) is 2.67. The summed E-state index contributed by atoms with van der Waals surface area (Å²) in [5.41, 5.74) is 2.93. The Balaban J connectivity index is 2.16. The van der Waals surface area contributed by atoms with Gasteiger partial charge < -0.3 is 5.32 Å². The normalized spacial score (nSPS) is 12.5. The summed E-state index contributed by atoms with van der Waals surface area (Å²) in [7, 11) is 0. The standard InChI is InChI=1S/C14H16FNS/c1-9-6-7-17-14(9)11(3)16-12-4-5-13(15)10(2)8-12/h4-8,11,16H,1-3H3. The molecule has 1 aromatic heterocycles. The van der Waals surface area contributed by atoms with E-state index in [-0.39, 0.29) is 11.9 Å². The number of hydrogen-bond acceptors (Lipinski definition) is 2. The highest BCUT2D eigenvalue weighted by atomic mass is 32.1. The van der Waals surface area contributed by atoms with Gasteiger partial charge >= 0.3 is 0 Å². The van der Waals surface area contributed by atoms with Crippen molar-refractivity contribution in [3.8, 4) is 0 Å². The molecule has 0 aliphatic carbocycles. The Bertz CT molecular complexity index is 519. The molecule has 1 nitrogen and oxygen atoms in total. The molecule has 0 saturated heterocycles. The van der Waals surface area contributed by atoms with Gasteiger partial charge in [0.25, 0.3) is 0 Å². The van der Waals surface area contributed by atoms with Gasteiger partial charge in [0.15, 0.2) is 0 Å². The van der Waals surface area contributed by atoms with Crippen LogP contribution in [0.5, 0.6) is 0 Å². The van der Waals surface area contributed by atoms with Crippen molar-refractivity contribution in [3.05, 3.63) is 51.5 Å². The van der Waals surface area contributed by atoms with Gasteiger partial charge in [-0.25, -0.2) is 4.39 Å². The molecule has 0 saturated carbocycles. The summed E-state index contributed by atoms with van der Waals surface area (Å²) in [6, 6.07) is 7.50. The zero-order valence-corrected chi connectivity index (χ0v) is 11.1. The van der Waals surface area contributed by atoms with Gasteiger partial charge in [-0.15, -0.1) is 11.3 Å². The third-order valence-electron chi connectivity index (χ3n) is 2.84. The molecule has 1 atom stereocenters. The Morgan fingerprint density at radius 3 is 2.53 bits per heavy atom. The number of nitrogens with one attached hydrogen (secondary N) is 1. The highest BCUT2D eigenvalue weighted by Crippen LogP contribution is 2.27. The van der Waals surface area contributed by atoms with E-state index in [0.717, 1.165) is 5.69 Å². The summed E-state index contributed by atoms with van der Waals surface area (Å²) < 4.78 is 13.1. The van der Waals surface area contributed by atoms with E-state index in [2.05, 4.69) is 30.6 Å². The van der Waals surface area contributed by atoms with Gasteiger partial charge in [-0.3, -0.25) is 0 Å². The van der Waals surface area contributed by atoms with Gasteiger partial charge in [0.05, 0.1) is 6.04 Å². The van der Waals surface area contributed by atoms with Crippen molar-refractivity contribution >= 4 is 17.0 Å². The van der Waals surface area contributed by atoms with Crippen molar-refractivity contribution in [1.29, 1.82) is 0 Å². The van der Waals surface area contributed by atoms with Gasteiger partial charge in [0.1, 0.15) is 5.82 Å². The molecule has 1 N–H and O–H groups in total. The zero-order valence-electron chi connectivity index (χ0n) is 10.3. The Labute approximate surface area is 105 Å². The molecule has 0 aliphatic rings. The molecule has 0 spiro atoms. The molecule has 0 bridgehead atoms. The molecule has 0 fully saturated rings. The van der Waals surface area contributed by atoms with Crippen LogP contribution in [0.15, 0.2) is 29.6 Å². The minimum atomic E-state index is -0.157. The van der Waals surface area contributed by atoms with Gasteiger partial charge in [-0.1, -0.05) is 0 Å². The smallest absolute Gasteiger partial charge is 0.126 e. The van der Waals surface area contributed by atoms with E-state index in [0.29, 0.717) is 5.56 Å². The molecule has 2 aromatic rings. The number of rotatable bonds is 3. The third-order valence-corrected chi connectivity index (χ3v) is 4.04. The fourth-order valence-corrected chi connectivity index (χ4v) is 2.81. The quantitative estimate of drug-likeness (QED) is 0.833. The van der Waals surface area contributed by atoms with Gasteiger partial charge in [0, 0.05) is 10.6 Å². The number of hydrogen-bond donors (Lipinski definition) is 1. The molecule has 0 amide bonds. The highest BCUT2D eigenvalue weighted by molar-refractivity contribution is 7.10. The maximum absolute atomic E-state index is 13.1. The lowest BCUT2D eigenvalue weighted by molar-refractivity contribution is 0.618. The van der Waals surface area contributed by atoms with Crippen LogP contribution in [0.4, 0.5) is 10.1 Å². The average Bonchev–Trinajstić information content (AvgIpc) is 2.70. The van der Waals surface area contributed by atoms with Crippen molar-refractivity contribution in [1.82, 2.24) is 0 Å². The molecule has 1 heterocycles. The molecule has 2 rings (SSSR count). The molecule has 1 aromatic carbocycles. The molecule has 0 radical (unpaired) electrons. The van der Waals surface area contributed by atoms with Crippen molar-refractivity contribution in [2.45, 2.75) is 26.8 Å². The first-order valence-corrected chi connectivity index (χ1v) is 6.52. The molecule has 1 unspecified atom stereocenters. The van der Waals surface area contributed by atoms with Crippen LogP contribution in [-0.2, 0) is 0 Å². The second-order valence-electron chi connectivity index (χ2n) is 4.30. The second-order valence-corrected chi connectivity index (χ2v) is 5.25. The SMILES string of the molecule is Cc1cc(NC(C)c2sccc2C)ccc1F. The van der Waals surface area contributed by atoms with Gasteiger partial charge in [-0.2, -0.15) is 0 Å². The summed E-state index contributed by atoms with van der Waals surface area (Å²) >= 11 is 1.75. The number of aryl methyl sites for hydroxylation is 2. The predicted molar refractivity (Wildman–Crippen MR) is 72.2 cm³/mol. The second kappa shape index (κ2) is 4.88. The van der Waals surface area contributed by atoms with Gasteiger partial charge in [-0.05, 0) is 61.5 Å². The van der Waals surface area contributed by atoms with E-state index in [4.69, 9.17) is 0 Å². The van der Waals surface area contributed by atoms with Crippen molar-refractivity contribution in [2.75, 3.05) is 5.32 Å². The number of anilines is 1. The van der Waals surface area contributed by atoms with Crippen LogP contribution in [0.25, 0.3) is 0 Å². The van der Waals surface area contributed by atoms with Gasteiger partial charge in [0.2, 0.25) is 0 Å². The Kier molecular flexibility index (Phi) is 3.48. The molecular weight excluding hydrogens is 233 g/mol. The molecule has 3 heteroatoms. The highest BCUT2D eigenvalue weighted by Gasteiger charge is 2.10. The topological polar surface area (TPSA) is 12.0 Å². The summed E-state index contributed by atoms with van der Waals surface area (Å²) in [5.74, 6) is -0.157. The van der Waals surface area contributed by atoms with E-state index in [1.807, 2.05) is 6.07 Å². The van der Waals surface area contributed by atoms with E-state index in [1.165, 1.54) is 16.5 Å². The maximum Gasteiger partial charge on any atom is 0.126 e. The van der Waals surface area contributed by atoms with Crippen LogP contribution in [-0.4, -0.2) is 0 Å². The lowest BCUT2D eigenvalue weighted by Crippen LogP contribution is -2.06. The Morgan fingerprint density at radius 1 is 1.18 bits per heavy atom. The van der Waals surface area contributed by atoms with Crippen LogP contribution in [0.1, 0.15) is 29.0 Å². The van der Waals surface area contributed by atoms with Crippen LogP contribution in [0.3, 0.4) is 0 Å². The summed E-state index contributed by atoms with van der Waals surface area (Å²) in [5, 5.41) is 5.49. The van der Waals surface area contributed by atoms with Crippen LogP contribution in [0.2, 0.25) is 0 Å². The lowest BCUT2D eigenvalue weighted by atomic mass is 10.1. The van der Waals surface area contributed by atoms with Crippen molar-refractivity contribution in [3.63, 3.8) is 0 Å². The molecule has 90 valence electrons. The monoisotopic (exact) mass is 249 g/mol. The number of thiophene rings is 1. The minimum absolute atomic E-state index is 0.157. The first-order valence-electron chi connectivity index (χ1n) is 5.64. The molecular formula is C14H16FNS. The number of benzene rings is 1. The van der Waals surface area contributed by atoms with Crippen LogP contribution >= 0.6 is 11.3 Å². The first-order chi connectivity index (χ1) is 8.08. The van der Waals surface area contributed by atoms with E-state index >= 15 is 0 Å². The van der Waals surface area contributed by atoms with Crippen LogP contribution < -0.4 is 5.32 Å². The maximum atomic E-state index is 13.1. The predicted octanol–water partition coefficient (Wildman–Crippen LogP) is 4.68.